The summed E-state index contributed by atoms with van der Waals surface area (Å²) in [6, 6.07) is 9.90. The SMILES string of the molecule is CCC(CC)n1c(Cc2cccs2)nc2cc(C(=O)N[C@@H](CC(C)C)C(=O)N(C)C3CCOCC3)ccc21. The molecule has 0 unspecified atom stereocenters. The summed E-state index contributed by atoms with van der Waals surface area (Å²) in [7, 11) is 1.85. The van der Waals surface area contributed by atoms with Crippen molar-refractivity contribution in [3.05, 3.63) is 52.0 Å². The zero-order valence-electron chi connectivity index (χ0n) is 23.4. The van der Waals surface area contributed by atoms with Crippen molar-refractivity contribution in [3.63, 3.8) is 0 Å². The second kappa shape index (κ2) is 12.9. The van der Waals surface area contributed by atoms with E-state index < -0.39 is 6.04 Å². The van der Waals surface area contributed by atoms with Crippen molar-refractivity contribution in [1.29, 1.82) is 0 Å². The predicted molar refractivity (Wildman–Crippen MR) is 154 cm³/mol. The first kappa shape index (κ1) is 28.3. The topological polar surface area (TPSA) is 76.5 Å². The van der Waals surface area contributed by atoms with Crippen LogP contribution in [0.4, 0.5) is 0 Å². The van der Waals surface area contributed by atoms with Crippen molar-refractivity contribution in [2.24, 2.45) is 5.92 Å². The van der Waals surface area contributed by atoms with Gasteiger partial charge in [0.2, 0.25) is 5.91 Å². The molecule has 2 amide bonds. The normalized spacial score (nSPS) is 15.3. The molecule has 1 aliphatic heterocycles. The molecule has 4 rings (SSSR count). The van der Waals surface area contributed by atoms with Gasteiger partial charge in [0.25, 0.3) is 5.91 Å². The van der Waals surface area contributed by atoms with Gasteiger partial charge in [-0.05, 0) is 67.7 Å². The Bertz CT molecular complexity index is 1210. The quantitative estimate of drug-likeness (QED) is 0.333. The van der Waals surface area contributed by atoms with E-state index in [2.05, 4.69) is 55.1 Å². The van der Waals surface area contributed by atoms with Crippen molar-refractivity contribution < 1.29 is 14.3 Å². The van der Waals surface area contributed by atoms with E-state index in [0.29, 0.717) is 31.2 Å². The van der Waals surface area contributed by atoms with Gasteiger partial charge < -0.3 is 19.5 Å². The van der Waals surface area contributed by atoms with Crippen LogP contribution in [0.2, 0.25) is 0 Å². The van der Waals surface area contributed by atoms with Crippen LogP contribution in [-0.4, -0.2) is 58.6 Å². The molecular weight excluding hydrogens is 496 g/mol. The molecule has 3 aromatic rings. The summed E-state index contributed by atoms with van der Waals surface area (Å²) in [6.45, 7) is 9.90. The van der Waals surface area contributed by atoms with Crippen molar-refractivity contribution in [1.82, 2.24) is 19.8 Å². The number of benzene rings is 1. The standard InChI is InChI=1S/C30H42N4O3S/c1-6-22(7-2)34-27-11-10-21(18-25(27)31-28(34)19-24-9-8-16-38-24)29(35)32-26(17-20(3)4)30(36)33(5)23-12-14-37-15-13-23/h8-11,16,18,20,22-23,26H,6-7,12-15,17,19H2,1-5H3,(H,32,35)/t26-/m0/s1. The zero-order chi connectivity index (χ0) is 27.2. The first-order valence-corrected chi connectivity index (χ1v) is 14.9. The Morgan fingerprint density at radius 3 is 2.55 bits per heavy atom. The monoisotopic (exact) mass is 538 g/mol. The number of likely N-dealkylation sites (N-methyl/N-ethyl adjacent to an activating group) is 1. The molecule has 2 aromatic heterocycles. The van der Waals surface area contributed by atoms with Crippen LogP contribution >= 0.6 is 11.3 Å². The number of amides is 2. The summed E-state index contributed by atoms with van der Waals surface area (Å²) in [6.07, 6.45) is 5.05. The van der Waals surface area contributed by atoms with E-state index in [1.807, 2.05) is 30.1 Å². The Morgan fingerprint density at radius 2 is 1.92 bits per heavy atom. The van der Waals surface area contributed by atoms with Crippen LogP contribution in [0.25, 0.3) is 11.0 Å². The Labute approximate surface area is 230 Å². The fourth-order valence-corrected chi connectivity index (χ4v) is 6.18. The number of aromatic nitrogens is 2. The summed E-state index contributed by atoms with van der Waals surface area (Å²) in [5.41, 5.74) is 2.41. The number of thiophene rings is 1. The van der Waals surface area contributed by atoms with E-state index in [0.717, 1.165) is 49.0 Å². The molecule has 38 heavy (non-hydrogen) atoms. The molecule has 7 nitrogen and oxygen atoms in total. The largest absolute Gasteiger partial charge is 0.381 e. The van der Waals surface area contributed by atoms with E-state index in [-0.39, 0.29) is 23.8 Å². The minimum Gasteiger partial charge on any atom is -0.381 e. The fourth-order valence-electron chi connectivity index (χ4n) is 5.48. The lowest BCUT2D eigenvalue weighted by Crippen LogP contribution is -2.51. The number of rotatable bonds is 11. The van der Waals surface area contributed by atoms with Crippen LogP contribution in [-0.2, 0) is 16.0 Å². The first-order valence-electron chi connectivity index (χ1n) is 14.0. The van der Waals surface area contributed by atoms with Gasteiger partial charge in [0.05, 0.1) is 11.0 Å². The first-order chi connectivity index (χ1) is 18.3. The highest BCUT2D eigenvalue weighted by Crippen LogP contribution is 2.28. The number of carbonyl (C=O) groups is 2. The highest BCUT2D eigenvalue weighted by Gasteiger charge is 2.30. The maximum absolute atomic E-state index is 13.5. The molecule has 3 heterocycles. The van der Waals surface area contributed by atoms with Crippen molar-refractivity contribution in [2.75, 3.05) is 20.3 Å². The molecule has 1 N–H and O–H groups in total. The summed E-state index contributed by atoms with van der Waals surface area (Å²) < 4.78 is 7.82. The van der Waals surface area contributed by atoms with Gasteiger partial charge in [0.1, 0.15) is 11.9 Å². The van der Waals surface area contributed by atoms with Gasteiger partial charge in [0.15, 0.2) is 0 Å². The lowest BCUT2D eigenvalue weighted by molar-refractivity contribution is -0.136. The van der Waals surface area contributed by atoms with E-state index in [4.69, 9.17) is 9.72 Å². The number of fused-ring (bicyclic) bond motifs is 1. The molecule has 8 heteroatoms. The van der Waals surface area contributed by atoms with Crippen LogP contribution in [0.3, 0.4) is 0 Å². The van der Waals surface area contributed by atoms with Crippen molar-refractivity contribution in [2.45, 2.75) is 84.3 Å². The molecule has 0 bridgehead atoms. The Kier molecular flexibility index (Phi) is 9.60. The smallest absolute Gasteiger partial charge is 0.252 e. The number of carbonyl (C=O) groups excluding carboxylic acids is 2. The highest BCUT2D eigenvalue weighted by atomic mass is 32.1. The molecule has 206 valence electrons. The van der Waals surface area contributed by atoms with E-state index in [1.165, 1.54) is 4.88 Å². The second-order valence-corrected chi connectivity index (χ2v) is 11.8. The molecule has 1 saturated heterocycles. The number of hydrogen-bond acceptors (Lipinski definition) is 5. The lowest BCUT2D eigenvalue weighted by Gasteiger charge is -2.34. The summed E-state index contributed by atoms with van der Waals surface area (Å²) in [5.74, 6) is 1.03. The minimum atomic E-state index is -0.567. The van der Waals surface area contributed by atoms with Crippen LogP contribution in [0, 0.1) is 5.92 Å². The molecule has 1 aromatic carbocycles. The third kappa shape index (κ3) is 6.46. The maximum Gasteiger partial charge on any atom is 0.252 e. The van der Waals surface area contributed by atoms with Gasteiger partial charge in [-0.15, -0.1) is 11.3 Å². The summed E-state index contributed by atoms with van der Waals surface area (Å²) in [5, 5.41) is 5.15. The molecule has 1 fully saturated rings. The van der Waals surface area contributed by atoms with Gasteiger partial charge in [0, 0.05) is 49.2 Å². The number of hydrogen-bond donors (Lipinski definition) is 1. The second-order valence-electron chi connectivity index (χ2n) is 10.8. The third-order valence-electron chi connectivity index (χ3n) is 7.64. The van der Waals surface area contributed by atoms with Crippen molar-refractivity contribution in [3.8, 4) is 0 Å². The van der Waals surface area contributed by atoms with Crippen LogP contribution < -0.4 is 5.32 Å². The number of nitrogens with zero attached hydrogens (tertiary/aromatic N) is 3. The van der Waals surface area contributed by atoms with E-state index >= 15 is 0 Å². The molecule has 0 saturated carbocycles. The number of nitrogens with one attached hydrogen (secondary N) is 1. The average molecular weight is 539 g/mol. The Balaban J connectivity index is 1.59. The Morgan fingerprint density at radius 1 is 1.18 bits per heavy atom. The molecule has 0 aliphatic carbocycles. The van der Waals surface area contributed by atoms with E-state index in [1.54, 1.807) is 11.3 Å². The van der Waals surface area contributed by atoms with Gasteiger partial charge in [-0.3, -0.25) is 9.59 Å². The van der Waals surface area contributed by atoms with E-state index in [9.17, 15) is 9.59 Å². The molecule has 0 spiro atoms. The predicted octanol–water partition coefficient (Wildman–Crippen LogP) is 5.83. The molecule has 1 atom stereocenters. The summed E-state index contributed by atoms with van der Waals surface area (Å²) >= 11 is 1.74. The highest BCUT2D eigenvalue weighted by molar-refractivity contribution is 7.09. The third-order valence-corrected chi connectivity index (χ3v) is 8.52. The maximum atomic E-state index is 13.5. The van der Waals surface area contributed by atoms with Gasteiger partial charge in [-0.1, -0.05) is 33.8 Å². The van der Waals surface area contributed by atoms with Crippen LogP contribution in [0.1, 0.15) is 86.9 Å². The Hall–Kier alpha value is -2.71. The number of ether oxygens (including phenoxy) is 1. The molecule has 0 radical (unpaired) electrons. The lowest BCUT2D eigenvalue weighted by atomic mass is 10.00. The average Bonchev–Trinajstić information content (AvgIpc) is 3.56. The fraction of sp³-hybridized carbons (Fsp3) is 0.567. The van der Waals surface area contributed by atoms with Crippen molar-refractivity contribution >= 4 is 34.2 Å². The van der Waals surface area contributed by atoms with Gasteiger partial charge in [-0.2, -0.15) is 0 Å². The zero-order valence-corrected chi connectivity index (χ0v) is 24.2. The molecular formula is C30H42N4O3S. The summed E-state index contributed by atoms with van der Waals surface area (Å²) in [4.78, 5) is 35.0. The molecule has 1 aliphatic rings. The van der Waals surface area contributed by atoms with Crippen LogP contribution in [0.5, 0.6) is 0 Å². The number of imidazole rings is 1. The van der Waals surface area contributed by atoms with Gasteiger partial charge >= 0.3 is 0 Å². The van der Waals surface area contributed by atoms with Crippen LogP contribution in [0.15, 0.2) is 35.7 Å². The minimum absolute atomic E-state index is 0.0312. The van der Waals surface area contributed by atoms with Gasteiger partial charge in [-0.25, -0.2) is 4.98 Å².